The van der Waals surface area contributed by atoms with Gasteiger partial charge in [0.1, 0.15) is 0 Å². The maximum absolute atomic E-state index is 5.85. The monoisotopic (exact) mass is 291 g/mol. The molecule has 0 aromatic heterocycles. The molecule has 1 rings (SSSR count). The van der Waals surface area contributed by atoms with Gasteiger partial charge in [-0.1, -0.05) is 77.1 Å². The molecule has 0 bridgehead atoms. The molecule has 0 unspecified atom stereocenters. The number of ether oxygens (including phenoxy) is 1. The van der Waals surface area contributed by atoms with Crippen molar-refractivity contribution in [2.45, 2.75) is 78.5 Å². The number of unbranched alkanes of at least 4 members (excludes halogenated alkanes) is 5. The van der Waals surface area contributed by atoms with Crippen molar-refractivity contribution < 1.29 is 4.74 Å². The fourth-order valence-electron chi connectivity index (χ4n) is 2.35. The Morgan fingerprint density at radius 1 is 0.952 bits per heavy atom. The molecule has 0 saturated heterocycles. The van der Waals surface area contributed by atoms with E-state index in [1.54, 1.807) is 0 Å². The first kappa shape index (κ1) is 18.2. The molecule has 0 spiro atoms. The molecule has 2 nitrogen and oxygen atoms in total. The van der Waals surface area contributed by atoms with Crippen LogP contribution in [0.3, 0.4) is 0 Å². The van der Waals surface area contributed by atoms with Crippen molar-refractivity contribution in [2.24, 2.45) is 0 Å². The van der Waals surface area contributed by atoms with E-state index in [1.165, 1.54) is 49.7 Å². The normalized spacial score (nSPS) is 11.2. The number of hydrogen-bond acceptors (Lipinski definition) is 2. The third-order valence-corrected chi connectivity index (χ3v) is 3.72. The summed E-state index contributed by atoms with van der Waals surface area (Å²) in [5, 5.41) is 3.48. The average Bonchev–Trinajstić information content (AvgIpc) is 2.48. The van der Waals surface area contributed by atoms with Gasteiger partial charge >= 0.3 is 0 Å². The van der Waals surface area contributed by atoms with Gasteiger partial charge in [-0.25, -0.2) is 0 Å². The largest absolute Gasteiger partial charge is 0.377 e. The van der Waals surface area contributed by atoms with Gasteiger partial charge in [0.15, 0.2) is 0 Å². The van der Waals surface area contributed by atoms with Gasteiger partial charge in [0.2, 0.25) is 0 Å². The zero-order chi connectivity index (χ0) is 15.3. The Kier molecular flexibility index (Phi) is 10.2. The Morgan fingerprint density at radius 3 is 2.33 bits per heavy atom. The van der Waals surface area contributed by atoms with E-state index >= 15 is 0 Å². The number of rotatable bonds is 12. The summed E-state index contributed by atoms with van der Waals surface area (Å²) in [7, 11) is 0. The summed E-state index contributed by atoms with van der Waals surface area (Å²) >= 11 is 0. The smallest absolute Gasteiger partial charge is 0.0720 e. The Bertz CT molecular complexity index is 362. The maximum atomic E-state index is 5.85. The van der Waals surface area contributed by atoms with Crippen LogP contribution in [0, 0.1) is 0 Å². The van der Waals surface area contributed by atoms with E-state index in [0.717, 1.165) is 19.8 Å². The molecule has 1 aromatic carbocycles. The summed E-state index contributed by atoms with van der Waals surface area (Å²) in [6.07, 6.45) is 7.91. The van der Waals surface area contributed by atoms with Gasteiger partial charge in [-0.05, 0) is 17.5 Å². The van der Waals surface area contributed by atoms with Crippen LogP contribution in [0.1, 0.15) is 70.4 Å². The summed E-state index contributed by atoms with van der Waals surface area (Å²) in [5.74, 6) is 0. The Balaban J connectivity index is 2.19. The van der Waals surface area contributed by atoms with Crippen molar-refractivity contribution >= 4 is 0 Å². The van der Waals surface area contributed by atoms with Crippen LogP contribution in [-0.4, -0.2) is 12.6 Å². The van der Waals surface area contributed by atoms with E-state index in [9.17, 15) is 0 Å². The van der Waals surface area contributed by atoms with Gasteiger partial charge in [-0.15, -0.1) is 0 Å². The standard InChI is InChI=1S/C19H33NO/c1-4-5-6-7-8-11-14-21-16-19-13-10-9-12-18(19)15-20-17(2)3/h9-10,12-13,17,20H,4-8,11,14-16H2,1-3H3. The Labute approximate surface area is 131 Å². The second kappa shape index (κ2) is 11.8. The van der Waals surface area contributed by atoms with E-state index < -0.39 is 0 Å². The van der Waals surface area contributed by atoms with Crippen LogP contribution in [0.5, 0.6) is 0 Å². The predicted octanol–water partition coefficient (Wildman–Crippen LogP) is 5.06. The molecule has 21 heavy (non-hydrogen) atoms. The Morgan fingerprint density at radius 2 is 1.62 bits per heavy atom. The number of hydrogen-bond donors (Lipinski definition) is 1. The minimum Gasteiger partial charge on any atom is -0.377 e. The van der Waals surface area contributed by atoms with Crippen LogP contribution in [-0.2, 0) is 17.9 Å². The lowest BCUT2D eigenvalue weighted by Gasteiger charge is -2.13. The number of benzene rings is 1. The zero-order valence-corrected chi connectivity index (χ0v) is 14.2. The van der Waals surface area contributed by atoms with Gasteiger partial charge in [0.05, 0.1) is 6.61 Å². The minimum atomic E-state index is 0.516. The lowest BCUT2D eigenvalue weighted by Crippen LogP contribution is -2.22. The first-order valence-corrected chi connectivity index (χ1v) is 8.62. The zero-order valence-electron chi connectivity index (χ0n) is 14.2. The molecule has 0 aliphatic carbocycles. The lowest BCUT2D eigenvalue weighted by atomic mass is 10.1. The van der Waals surface area contributed by atoms with E-state index in [-0.39, 0.29) is 0 Å². The van der Waals surface area contributed by atoms with Crippen molar-refractivity contribution in [1.29, 1.82) is 0 Å². The first-order valence-electron chi connectivity index (χ1n) is 8.62. The maximum Gasteiger partial charge on any atom is 0.0720 e. The third kappa shape index (κ3) is 8.90. The molecular formula is C19H33NO. The summed E-state index contributed by atoms with van der Waals surface area (Å²) in [6, 6.07) is 9.09. The molecule has 0 heterocycles. The quantitative estimate of drug-likeness (QED) is 0.543. The van der Waals surface area contributed by atoms with Crippen LogP contribution < -0.4 is 5.32 Å². The van der Waals surface area contributed by atoms with Gasteiger partial charge in [-0.3, -0.25) is 0 Å². The second-order valence-electron chi connectivity index (χ2n) is 6.12. The summed E-state index contributed by atoms with van der Waals surface area (Å²) < 4.78 is 5.85. The Hall–Kier alpha value is -0.860. The average molecular weight is 291 g/mol. The van der Waals surface area contributed by atoms with Gasteiger partial charge in [0, 0.05) is 19.2 Å². The molecule has 0 amide bonds. The van der Waals surface area contributed by atoms with E-state index in [1.807, 2.05) is 0 Å². The van der Waals surface area contributed by atoms with Crippen molar-refractivity contribution in [2.75, 3.05) is 6.61 Å². The first-order chi connectivity index (χ1) is 10.2. The highest BCUT2D eigenvalue weighted by atomic mass is 16.5. The SMILES string of the molecule is CCCCCCCCOCc1ccccc1CNC(C)C. The molecule has 0 radical (unpaired) electrons. The molecule has 1 N–H and O–H groups in total. The van der Waals surface area contributed by atoms with Crippen molar-refractivity contribution in [3.8, 4) is 0 Å². The lowest BCUT2D eigenvalue weighted by molar-refractivity contribution is 0.116. The van der Waals surface area contributed by atoms with Gasteiger partial charge < -0.3 is 10.1 Å². The van der Waals surface area contributed by atoms with E-state index in [2.05, 4.69) is 50.4 Å². The van der Waals surface area contributed by atoms with Crippen LogP contribution >= 0.6 is 0 Å². The van der Waals surface area contributed by atoms with Gasteiger partial charge in [0.25, 0.3) is 0 Å². The molecule has 0 aliphatic heterocycles. The molecule has 2 heteroatoms. The summed E-state index contributed by atoms with van der Waals surface area (Å²) in [6.45, 7) is 9.17. The molecular weight excluding hydrogens is 258 g/mol. The minimum absolute atomic E-state index is 0.516. The molecule has 0 saturated carbocycles. The van der Waals surface area contributed by atoms with E-state index in [4.69, 9.17) is 4.74 Å². The fourth-order valence-corrected chi connectivity index (χ4v) is 2.35. The molecule has 1 aromatic rings. The number of nitrogens with one attached hydrogen (secondary N) is 1. The fraction of sp³-hybridized carbons (Fsp3) is 0.684. The second-order valence-corrected chi connectivity index (χ2v) is 6.12. The molecule has 0 fully saturated rings. The highest BCUT2D eigenvalue weighted by Gasteiger charge is 2.02. The molecule has 0 aliphatic rings. The molecule has 120 valence electrons. The third-order valence-electron chi connectivity index (χ3n) is 3.72. The highest BCUT2D eigenvalue weighted by Crippen LogP contribution is 2.11. The van der Waals surface area contributed by atoms with Gasteiger partial charge in [-0.2, -0.15) is 0 Å². The molecule has 0 atom stereocenters. The van der Waals surface area contributed by atoms with E-state index in [0.29, 0.717) is 6.04 Å². The summed E-state index contributed by atoms with van der Waals surface area (Å²) in [5.41, 5.74) is 2.67. The van der Waals surface area contributed by atoms with Crippen molar-refractivity contribution in [1.82, 2.24) is 5.32 Å². The highest BCUT2D eigenvalue weighted by molar-refractivity contribution is 5.26. The van der Waals surface area contributed by atoms with Crippen LogP contribution in [0.4, 0.5) is 0 Å². The topological polar surface area (TPSA) is 21.3 Å². The van der Waals surface area contributed by atoms with Crippen LogP contribution in [0.2, 0.25) is 0 Å². The van der Waals surface area contributed by atoms with Crippen molar-refractivity contribution in [3.05, 3.63) is 35.4 Å². The predicted molar refractivity (Wildman–Crippen MR) is 91.4 cm³/mol. The van der Waals surface area contributed by atoms with Crippen LogP contribution in [0.25, 0.3) is 0 Å². The summed E-state index contributed by atoms with van der Waals surface area (Å²) in [4.78, 5) is 0. The van der Waals surface area contributed by atoms with Crippen LogP contribution in [0.15, 0.2) is 24.3 Å². The van der Waals surface area contributed by atoms with Crippen molar-refractivity contribution in [3.63, 3.8) is 0 Å².